The SMILES string of the molecule is NC(=O)c1ccc(C(=O)N2CC(=O)NC(=O)C2)cc1. The van der Waals surface area contributed by atoms with Crippen molar-refractivity contribution >= 4 is 23.6 Å². The van der Waals surface area contributed by atoms with Crippen LogP contribution >= 0.6 is 0 Å². The normalized spacial score (nSPS) is 15.1. The van der Waals surface area contributed by atoms with Gasteiger partial charge in [0.2, 0.25) is 17.7 Å². The van der Waals surface area contributed by atoms with Gasteiger partial charge < -0.3 is 10.6 Å². The molecule has 98 valence electrons. The molecule has 0 aliphatic carbocycles. The Kier molecular flexibility index (Phi) is 3.28. The van der Waals surface area contributed by atoms with Crippen LogP contribution in [-0.2, 0) is 9.59 Å². The lowest BCUT2D eigenvalue weighted by atomic mass is 10.1. The summed E-state index contributed by atoms with van der Waals surface area (Å²) in [5.41, 5.74) is 5.65. The molecule has 0 aromatic heterocycles. The highest BCUT2D eigenvalue weighted by Crippen LogP contribution is 2.08. The van der Waals surface area contributed by atoms with Gasteiger partial charge in [0.05, 0.1) is 0 Å². The maximum Gasteiger partial charge on any atom is 0.254 e. The Morgan fingerprint density at radius 1 is 1.00 bits per heavy atom. The number of hydrogen-bond donors (Lipinski definition) is 2. The molecule has 1 saturated heterocycles. The summed E-state index contributed by atoms with van der Waals surface area (Å²) in [6.07, 6.45) is 0. The molecule has 1 aromatic rings. The maximum atomic E-state index is 12.0. The van der Waals surface area contributed by atoms with Crippen LogP contribution in [0.3, 0.4) is 0 Å². The lowest BCUT2D eigenvalue weighted by Gasteiger charge is -2.25. The first-order chi connectivity index (χ1) is 8.97. The average molecular weight is 261 g/mol. The molecule has 19 heavy (non-hydrogen) atoms. The Morgan fingerprint density at radius 2 is 1.47 bits per heavy atom. The van der Waals surface area contributed by atoms with E-state index < -0.39 is 23.6 Å². The molecule has 1 fully saturated rings. The zero-order chi connectivity index (χ0) is 14.0. The quantitative estimate of drug-likeness (QED) is 0.657. The van der Waals surface area contributed by atoms with Crippen LogP contribution in [0.2, 0.25) is 0 Å². The number of hydrogen-bond acceptors (Lipinski definition) is 4. The summed E-state index contributed by atoms with van der Waals surface area (Å²) in [5, 5.41) is 2.11. The fourth-order valence-electron chi connectivity index (χ4n) is 1.74. The Labute approximate surface area is 108 Å². The number of piperazine rings is 1. The van der Waals surface area contributed by atoms with Crippen LogP contribution in [0.1, 0.15) is 20.7 Å². The summed E-state index contributed by atoms with van der Waals surface area (Å²) in [7, 11) is 0. The van der Waals surface area contributed by atoms with Crippen molar-refractivity contribution in [2.75, 3.05) is 13.1 Å². The number of nitrogens with zero attached hydrogens (tertiary/aromatic N) is 1. The third kappa shape index (κ3) is 2.76. The minimum Gasteiger partial charge on any atom is -0.366 e. The minimum absolute atomic E-state index is 0.165. The molecule has 1 heterocycles. The molecule has 7 nitrogen and oxygen atoms in total. The molecule has 0 atom stereocenters. The summed E-state index contributed by atoms with van der Waals surface area (Å²) in [6.45, 7) is -0.329. The second kappa shape index (κ2) is 4.89. The molecule has 1 aliphatic heterocycles. The van der Waals surface area contributed by atoms with E-state index in [1.807, 2.05) is 0 Å². The first-order valence-corrected chi connectivity index (χ1v) is 5.49. The number of amides is 4. The van der Waals surface area contributed by atoms with E-state index in [1.54, 1.807) is 0 Å². The van der Waals surface area contributed by atoms with Gasteiger partial charge in [-0.2, -0.15) is 0 Å². The van der Waals surface area contributed by atoms with Gasteiger partial charge >= 0.3 is 0 Å². The van der Waals surface area contributed by atoms with Gasteiger partial charge in [0, 0.05) is 11.1 Å². The van der Waals surface area contributed by atoms with E-state index in [-0.39, 0.29) is 24.2 Å². The summed E-state index contributed by atoms with van der Waals surface area (Å²) in [5.74, 6) is -2.07. The third-order valence-corrected chi connectivity index (χ3v) is 2.65. The Balaban J connectivity index is 2.17. The highest BCUT2D eigenvalue weighted by Gasteiger charge is 2.26. The summed E-state index contributed by atoms with van der Waals surface area (Å²) in [6, 6.07) is 5.70. The first-order valence-electron chi connectivity index (χ1n) is 5.49. The number of carbonyl (C=O) groups excluding carboxylic acids is 4. The molecule has 3 N–H and O–H groups in total. The maximum absolute atomic E-state index is 12.0. The molecule has 0 radical (unpaired) electrons. The van der Waals surface area contributed by atoms with Crippen LogP contribution in [0.25, 0.3) is 0 Å². The van der Waals surface area contributed by atoms with Gasteiger partial charge in [-0.1, -0.05) is 0 Å². The van der Waals surface area contributed by atoms with E-state index in [2.05, 4.69) is 5.32 Å². The van der Waals surface area contributed by atoms with Gasteiger partial charge in [-0.05, 0) is 24.3 Å². The molecule has 1 aliphatic rings. The molecule has 0 unspecified atom stereocenters. The summed E-state index contributed by atoms with van der Waals surface area (Å²) < 4.78 is 0. The average Bonchev–Trinajstić information content (AvgIpc) is 2.37. The fraction of sp³-hybridized carbons (Fsp3) is 0.167. The fourth-order valence-corrected chi connectivity index (χ4v) is 1.74. The van der Waals surface area contributed by atoms with Crippen LogP contribution in [0.4, 0.5) is 0 Å². The highest BCUT2D eigenvalue weighted by molar-refractivity contribution is 6.06. The predicted molar refractivity (Wildman–Crippen MR) is 64.0 cm³/mol. The van der Waals surface area contributed by atoms with Crippen molar-refractivity contribution in [2.45, 2.75) is 0 Å². The molecule has 0 bridgehead atoms. The van der Waals surface area contributed by atoms with E-state index in [1.165, 1.54) is 24.3 Å². The van der Waals surface area contributed by atoms with Crippen molar-refractivity contribution in [3.8, 4) is 0 Å². The van der Waals surface area contributed by atoms with Gasteiger partial charge in [0.15, 0.2) is 0 Å². The monoisotopic (exact) mass is 261 g/mol. The van der Waals surface area contributed by atoms with Crippen LogP contribution < -0.4 is 11.1 Å². The lowest BCUT2D eigenvalue weighted by molar-refractivity contribution is -0.135. The van der Waals surface area contributed by atoms with E-state index in [9.17, 15) is 19.2 Å². The number of primary amides is 1. The van der Waals surface area contributed by atoms with Gasteiger partial charge in [0.25, 0.3) is 5.91 Å². The van der Waals surface area contributed by atoms with Gasteiger partial charge in [0.1, 0.15) is 13.1 Å². The van der Waals surface area contributed by atoms with Crippen LogP contribution in [0.5, 0.6) is 0 Å². The molecule has 0 saturated carbocycles. The summed E-state index contributed by atoms with van der Waals surface area (Å²) >= 11 is 0. The van der Waals surface area contributed by atoms with Crippen molar-refractivity contribution in [1.82, 2.24) is 10.2 Å². The third-order valence-electron chi connectivity index (χ3n) is 2.65. The van der Waals surface area contributed by atoms with Crippen LogP contribution in [0.15, 0.2) is 24.3 Å². The van der Waals surface area contributed by atoms with Crippen molar-refractivity contribution in [1.29, 1.82) is 0 Å². The number of nitrogens with one attached hydrogen (secondary N) is 1. The number of imide groups is 1. The number of carbonyl (C=O) groups is 4. The first kappa shape index (κ1) is 12.7. The smallest absolute Gasteiger partial charge is 0.254 e. The van der Waals surface area contributed by atoms with E-state index in [0.29, 0.717) is 0 Å². The Hall–Kier alpha value is -2.70. The molecule has 0 spiro atoms. The van der Waals surface area contributed by atoms with E-state index in [0.717, 1.165) is 4.90 Å². The second-order valence-corrected chi connectivity index (χ2v) is 4.07. The van der Waals surface area contributed by atoms with E-state index >= 15 is 0 Å². The Bertz CT molecular complexity index is 549. The lowest BCUT2D eigenvalue weighted by Crippen LogP contribution is -2.53. The van der Waals surface area contributed by atoms with E-state index in [4.69, 9.17) is 5.73 Å². The van der Waals surface area contributed by atoms with Crippen molar-refractivity contribution in [3.05, 3.63) is 35.4 Å². The van der Waals surface area contributed by atoms with Crippen LogP contribution in [-0.4, -0.2) is 41.6 Å². The van der Waals surface area contributed by atoms with Gasteiger partial charge in [-0.15, -0.1) is 0 Å². The largest absolute Gasteiger partial charge is 0.366 e. The molecule has 7 heteroatoms. The predicted octanol–water partition coefficient (Wildman–Crippen LogP) is -1.12. The number of nitrogens with two attached hydrogens (primary N) is 1. The zero-order valence-corrected chi connectivity index (χ0v) is 9.88. The van der Waals surface area contributed by atoms with Gasteiger partial charge in [-0.3, -0.25) is 24.5 Å². The van der Waals surface area contributed by atoms with Crippen LogP contribution in [0, 0.1) is 0 Å². The molecule has 2 rings (SSSR count). The highest BCUT2D eigenvalue weighted by atomic mass is 16.2. The molecule has 1 aromatic carbocycles. The van der Waals surface area contributed by atoms with Crippen molar-refractivity contribution < 1.29 is 19.2 Å². The number of rotatable bonds is 2. The van der Waals surface area contributed by atoms with Crippen molar-refractivity contribution in [3.63, 3.8) is 0 Å². The molecular formula is C12H11N3O4. The zero-order valence-electron chi connectivity index (χ0n) is 9.88. The summed E-state index contributed by atoms with van der Waals surface area (Å²) in [4.78, 5) is 46.4. The Morgan fingerprint density at radius 3 is 1.95 bits per heavy atom. The molecular weight excluding hydrogens is 250 g/mol. The minimum atomic E-state index is -0.591. The van der Waals surface area contributed by atoms with Crippen molar-refractivity contribution in [2.24, 2.45) is 5.73 Å². The number of benzene rings is 1. The van der Waals surface area contributed by atoms with Gasteiger partial charge in [-0.25, -0.2) is 0 Å². The standard InChI is InChI=1S/C12H11N3O4/c13-11(18)7-1-3-8(4-2-7)12(19)15-5-9(16)14-10(17)6-15/h1-4H,5-6H2,(H2,13,18)(H,14,16,17). The topological polar surface area (TPSA) is 110 Å². The molecule has 4 amide bonds. The second-order valence-electron chi connectivity index (χ2n) is 4.07.